The van der Waals surface area contributed by atoms with Crippen molar-refractivity contribution in [3.8, 4) is 0 Å². The van der Waals surface area contributed by atoms with E-state index in [2.05, 4.69) is 9.71 Å². The molecule has 1 aromatic heterocycles. The zero-order valence-electron chi connectivity index (χ0n) is 16.9. The monoisotopic (exact) mass is 431 g/mol. The van der Waals surface area contributed by atoms with Crippen molar-refractivity contribution in [2.45, 2.75) is 11.4 Å². The number of aromatic nitrogens is 1. The summed E-state index contributed by atoms with van der Waals surface area (Å²) >= 11 is 0. The molecule has 0 spiro atoms. The van der Waals surface area contributed by atoms with Crippen LogP contribution >= 0.6 is 0 Å². The zero-order chi connectivity index (χ0) is 21.8. The van der Waals surface area contributed by atoms with Crippen LogP contribution in [0, 0.1) is 0 Å². The van der Waals surface area contributed by atoms with Gasteiger partial charge in [0.05, 0.1) is 16.8 Å². The Labute approximate surface area is 181 Å². The van der Waals surface area contributed by atoms with E-state index >= 15 is 0 Å². The van der Waals surface area contributed by atoms with Gasteiger partial charge in [-0.15, -0.1) is 0 Å². The Kier molecular flexibility index (Phi) is 5.68. The molecule has 156 valence electrons. The average Bonchev–Trinajstić information content (AvgIpc) is 2.79. The SMILES string of the molecule is CN(Cc1ccccc1)C(=O)c1ccccc1NS(=O)(=O)c1cccc2cccnc12. The number of hydrogen-bond donors (Lipinski definition) is 1. The summed E-state index contributed by atoms with van der Waals surface area (Å²) < 4.78 is 28.9. The second-order valence-electron chi connectivity index (χ2n) is 7.13. The molecule has 0 unspecified atom stereocenters. The summed E-state index contributed by atoms with van der Waals surface area (Å²) in [6.07, 6.45) is 1.55. The summed E-state index contributed by atoms with van der Waals surface area (Å²) in [7, 11) is -2.27. The Morgan fingerprint density at radius 1 is 0.903 bits per heavy atom. The molecule has 0 radical (unpaired) electrons. The first-order valence-electron chi connectivity index (χ1n) is 9.71. The lowest BCUT2D eigenvalue weighted by molar-refractivity contribution is 0.0786. The van der Waals surface area contributed by atoms with Crippen LogP contribution in [0.4, 0.5) is 5.69 Å². The van der Waals surface area contributed by atoms with Gasteiger partial charge in [-0.05, 0) is 29.8 Å². The molecule has 0 atom stereocenters. The summed E-state index contributed by atoms with van der Waals surface area (Å²) in [6.45, 7) is 0.411. The summed E-state index contributed by atoms with van der Waals surface area (Å²) in [5.74, 6) is -0.279. The van der Waals surface area contributed by atoms with Crippen molar-refractivity contribution in [3.05, 3.63) is 102 Å². The van der Waals surface area contributed by atoms with Crippen molar-refractivity contribution in [2.24, 2.45) is 0 Å². The van der Waals surface area contributed by atoms with Gasteiger partial charge in [-0.1, -0.05) is 60.7 Å². The summed E-state index contributed by atoms with van der Waals surface area (Å²) in [5.41, 5.74) is 1.86. The van der Waals surface area contributed by atoms with Crippen molar-refractivity contribution in [2.75, 3.05) is 11.8 Å². The molecule has 1 amide bonds. The van der Waals surface area contributed by atoms with E-state index in [4.69, 9.17) is 0 Å². The number of pyridine rings is 1. The number of benzene rings is 3. The number of hydrogen-bond acceptors (Lipinski definition) is 4. The van der Waals surface area contributed by atoms with E-state index in [0.717, 1.165) is 10.9 Å². The third-order valence-corrected chi connectivity index (χ3v) is 6.29. The smallest absolute Gasteiger partial charge is 0.264 e. The summed E-state index contributed by atoms with van der Waals surface area (Å²) in [6, 6.07) is 24.7. The number of carbonyl (C=O) groups excluding carboxylic acids is 1. The molecule has 0 aliphatic heterocycles. The van der Waals surface area contributed by atoms with Gasteiger partial charge in [-0.2, -0.15) is 0 Å². The highest BCUT2D eigenvalue weighted by molar-refractivity contribution is 7.93. The predicted octanol–water partition coefficient (Wildman–Crippen LogP) is 4.31. The molecule has 3 aromatic carbocycles. The number of sulfonamides is 1. The first-order chi connectivity index (χ1) is 15.0. The van der Waals surface area contributed by atoms with E-state index in [-0.39, 0.29) is 22.1 Å². The van der Waals surface area contributed by atoms with Crippen molar-refractivity contribution < 1.29 is 13.2 Å². The van der Waals surface area contributed by atoms with Crippen LogP contribution in [0.15, 0.2) is 96.0 Å². The van der Waals surface area contributed by atoms with Gasteiger partial charge < -0.3 is 4.90 Å². The molecule has 31 heavy (non-hydrogen) atoms. The lowest BCUT2D eigenvalue weighted by Gasteiger charge is -2.20. The fourth-order valence-corrected chi connectivity index (χ4v) is 4.65. The van der Waals surface area contributed by atoms with Gasteiger partial charge in [0.15, 0.2) is 0 Å². The van der Waals surface area contributed by atoms with Crippen LogP contribution in [0.25, 0.3) is 10.9 Å². The van der Waals surface area contributed by atoms with E-state index < -0.39 is 10.0 Å². The highest BCUT2D eigenvalue weighted by Crippen LogP contribution is 2.25. The molecule has 0 fully saturated rings. The van der Waals surface area contributed by atoms with Gasteiger partial charge in [-0.3, -0.25) is 14.5 Å². The zero-order valence-corrected chi connectivity index (χ0v) is 17.7. The van der Waals surface area contributed by atoms with Crippen molar-refractivity contribution in [3.63, 3.8) is 0 Å². The van der Waals surface area contributed by atoms with Gasteiger partial charge in [0.25, 0.3) is 15.9 Å². The fraction of sp³-hybridized carbons (Fsp3) is 0.0833. The van der Waals surface area contributed by atoms with Crippen LogP contribution < -0.4 is 4.72 Å². The lowest BCUT2D eigenvalue weighted by Crippen LogP contribution is -2.27. The molecule has 0 saturated heterocycles. The second-order valence-corrected chi connectivity index (χ2v) is 8.78. The quantitative estimate of drug-likeness (QED) is 0.493. The minimum Gasteiger partial charge on any atom is -0.337 e. The normalized spacial score (nSPS) is 11.3. The third-order valence-electron chi connectivity index (χ3n) is 4.90. The molecule has 6 nitrogen and oxygen atoms in total. The van der Waals surface area contributed by atoms with Crippen molar-refractivity contribution in [1.82, 2.24) is 9.88 Å². The van der Waals surface area contributed by atoms with E-state index in [1.807, 2.05) is 30.3 Å². The largest absolute Gasteiger partial charge is 0.337 e. The Hall–Kier alpha value is -3.71. The molecule has 0 bridgehead atoms. The van der Waals surface area contributed by atoms with Crippen LogP contribution in [0.3, 0.4) is 0 Å². The van der Waals surface area contributed by atoms with Crippen LogP contribution in [0.1, 0.15) is 15.9 Å². The minimum atomic E-state index is -3.96. The van der Waals surface area contributed by atoms with E-state index in [9.17, 15) is 13.2 Å². The maximum absolute atomic E-state index is 13.2. The number of amides is 1. The number of anilines is 1. The predicted molar refractivity (Wildman–Crippen MR) is 121 cm³/mol. The lowest BCUT2D eigenvalue weighted by atomic mass is 10.1. The molecule has 4 rings (SSSR count). The average molecular weight is 432 g/mol. The Bertz CT molecular complexity index is 1330. The molecular weight excluding hydrogens is 410 g/mol. The van der Waals surface area contributed by atoms with E-state index in [1.54, 1.807) is 66.7 Å². The molecule has 1 N–H and O–H groups in total. The maximum atomic E-state index is 13.2. The Morgan fingerprint density at radius 2 is 1.61 bits per heavy atom. The fourth-order valence-electron chi connectivity index (χ4n) is 3.39. The van der Waals surface area contributed by atoms with Crippen LogP contribution in [-0.4, -0.2) is 31.3 Å². The number of rotatable bonds is 6. The first-order valence-corrected chi connectivity index (χ1v) is 11.2. The number of para-hydroxylation sites is 2. The van der Waals surface area contributed by atoms with Crippen molar-refractivity contribution in [1.29, 1.82) is 0 Å². The third kappa shape index (κ3) is 4.41. The van der Waals surface area contributed by atoms with Gasteiger partial charge in [0, 0.05) is 25.2 Å². The Balaban J connectivity index is 1.65. The highest BCUT2D eigenvalue weighted by atomic mass is 32.2. The minimum absolute atomic E-state index is 0.0606. The molecular formula is C24H21N3O3S. The second kappa shape index (κ2) is 8.57. The van der Waals surface area contributed by atoms with E-state index in [0.29, 0.717) is 12.1 Å². The van der Waals surface area contributed by atoms with Crippen molar-refractivity contribution >= 4 is 32.5 Å². The van der Waals surface area contributed by atoms with E-state index in [1.165, 1.54) is 6.07 Å². The molecule has 4 aromatic rings. The maximum Gasteiger partial charge on any atom is 0.264 e. The molecule has 7 heteroatoms. The Morgan fingerprint density at radius 3 is 2.42 bits per heavy atom. The number of fused-ring (bicyclic) bond motifs is 1. The number of nitrogens with one attached hydrogen (secondary N) is 1. The number of nitrogens with zero attached hydrogens (tertiary/aromatic N) is 2. The standard InChI is InChI=1S/C24H21N3O3S/c1-27(17-18-9-3-2-4-10-18)24(28)20-13-5-6-14-21(20)26-31(29,30)22-15-7-11-19-12-8-16-25-23(19)22/h2-16,26H,17H2,1H3. The first kappa shape index (κ1) is 20.6. The topological polar surface area (TPSA) is 79.4 Å². The highest BCUT2D eigenvalue weighted by Gasteiger charge is 2.22. The summed E-state index contributed by atoms with van der Waals surface area (Å²) in [4.78, 5) is 18.9. The molecule has 1 heterocycles. The van der Waals surface area contributed by atoms with Gasteiger partial charge in [0.2, 0.25) is 0 Å². The molecule has 0 saturated carbocycles. The molecule has 0 aliphatic carbocycles. The van der Waals surface area contributed by atoms with Gasteiger partial charge in [0.1, 0.15) is 4.90 Å². The van der Waals surface area contributed by atoms with Crippen LogP contribution in [0.2, 0.25) is 0 Å². The summed E-state index contributed by atoms with van der Waals surface area (Å²) in [5, 5.41) is 0.720. The van der Waals surface area contributed by atoms with Gasteiger partial charge in [-0.25, -0.2) is 8.42 Å². The number of carbonyl (C=O) groups is 1. The molecule has 0 aliphatic rings. The van der Waals surface area contributed by atoms with Crippen LogP contribution in [-0.2, 0) is 16.6 Å². The van der Waals surface area contributed by atoms with Gasteiger partial charge >= 0.3 is 0 Å². The van der Waals surface area contributed by atoms with Crippen LogP contribution in [0.5, 0.6) is 0 Å².